The molecule has 0 heterocycles. The van der Waals surface area contributed by atoms with E-state index < -0.39 is 15.6 Å². The van der Waals surface area contributed by atoms with Crippen molar-refractivity contribution in [2.75, 3.05) is 0 Å². The molecule has 0 aromatic heterocycles. The fourth-order valence-corrected chi connectivity index (χ4v) is 3.20. The highest BCUT2D eigenvalue weighted by Crippen LogP contribution is 2.36. The number of rotatable bonds is 7. The Hall–Kier alpha value is -2.00. The molecular formula is C22H34O10P2. The Morgan fingerprint density at radius 2 is 0.941 bits per heavy atom. The third kappa shape index (κ3) is 15.8. The SMILES string of the molecule is CC/C(=C(/CC(CC)CC)c1ccc(O)cc1)c1ccc(O)cc1.O=P(O)(O)O.O=P(O)(O)O. The van der Waals surface area contributed by atoms with Crippen LogP contribution in [-0.2, 0) is 9.13 Å². The normalized spacial score (nSPS) is 12.2. The summed E-state index contributed by atoms with van der Waals surface area (Å²) in [7, 11) is -9.28. The van der Waals surface area contributed by atoms with Crippen molar-refractivity contribution in [3.63, 3.8) is 0 Å². The molecule has 8 N–H and O–H groups in total. The molecule has 10 nitrogen and oxygen atoms in total. The molecule has 0 bridgehead atoms. The van der Waals surface area contributed by atoms with Gasteiger partial charge in [-0.05, 0) is 65.3 Å². The van der Waals surface area contributed by atoms with Gasteiger partial charge >= 0.3 is 15.6 Å². The van der Waals surface area contributed by atoms with Crippen LogP contribution >= 0.6 is 15.6 Å². The summed E-state index contributed by atoms with van der Waals surface area (Å²) >= 11 is 0. The van der Waals surface area contributed by atoms with E-state index in [0.29, 0.717) is 17.4 Å². The van der Waals surface area contributed by atoms with Crippen LogP contribution < -0.4 is 0 Å². The number of aromatic hydroxyl groups is 2. The predicted octanol–water partition coefficient (Wildman–Crippen LogP) is 4.39. The van der Waals surface area contributed by atoms with Crippen LogP contribution in [0, 0.1) is 5.92 Å². The van der Waals surface area contributed by atoms with E-state index in [0.717, 1.165) is 31.2 Å². The minimum Gasteiger partial charge on any atom is -0.508 e. The Morgan fingerprint density at radius 3 is 1.21 bits per heavy atom. The molecule has 0 aliphatic rings. The lowest BCUT2D eigenvalue weighted by molar-refractivity contribution is 0.272. The molecule has 0 radical (unpaired) electrons. The van der Waals surface area contributed by atoms with Gasteiger partial charge in [-0.3, -0.25) is 0 Å². The molecule has 192 valence electrons. The number of phenols is 2. The molecule has 12 heteroatoms. The molecule has 0 spiro atoms. The van der Waals surface area contributed by atoms with Gasteiger partial charge in [0.25, 0.3) is 0 Å². The lowest BCUT2D eigenvalue weighted by Gasteiger charge is -2.20. The van der Waals surface area contributed by atoms with Gasteiger partial charge < -0.3 is 39.6 Å². The van der Waals surface area contributed by atoms with E-state index in [2.05, 4.69) is 20.8 Å². The summed E-state index contributed by atoms with van der Waals surface area (Å²) in [6.45, 7) is 6.67. The number of hydrogen-bond donors (Lipinski definition) is 8. The van der Waals surface area contributed by atoms with Gasteiger partial charge in [0.05, 0.1) is 0 Å². The summed E-state index contributed by atoms with van der Waals surface area (Å²) in [5, 5.41) is 19.2. The van der Waals surface area contributed by atoms with Gasteiger partial charge in [0.2, 0.25) is 0 Å². The Labute approximate surface area is 199 Å². The zero-order valence-corrected chi connectivity index (χ0v) is 21.1. The lowest BCUT2D eigenvalue weighted by atomic mass is 9.85. The van der Waals surface area contributed by atoms with E-state index in [1.54, 1.807) is 24.3 Å². The van der Waals surface area contributed by atoms with E-state index in [1.807, 2.05) is 24.3 Å². The second kappa shape index (κ2) is 15.1. The average molecular weight is 520 g/mol. The minimum atomic E-state index is -4.64. The van der Waals surface area contributed by atoms with Crippen LogP contribution in [0.25, 0.3) is 11.1 Å². The van der Waals surface area contributed by atoms with Gasteiger partial charge in [-0.15, -0.1) is 0 Å². The number of hydrogen-bond acceptors (Lipinski definition) is 4. The molecule has 0 saturated heterocycles. The van der Waals surface area contributed by atoms with Crippen molar-refractivity contribution in [1.82, 2.24) is 0 Å². The summed E-state index contributed by atoms with van der Waals surface area (Å²) in [5.74, 6) is 1.23. The van der Waals surface area contributed by atoms with Gasteiger partial charge in [-0.25, -0.2) is 9.13 Å². The van der Waals surface area contributed by atoms with Crippen molar-refractivity contribution in [2.24, 2.45) is 5.92 Å². The number of phenolic OH excluding ortho intramolecular Hbond substituents is 2. The molecular weight excluding hydrogens is 486 g/mol. The van der Waals surface area contributed by atoms with Gasteiger partial charge in [-0.2, -0.15) is 0 Å². The van der Waals surface area contributed by atoms with E-state index in [9.17, 15) is 10.2 Å². The molecule has 0 unspecified atom stereocenters. The summed E-state index contributed by atoms with van der Waals surface area (Å²) in [5.41, 5.74) is 4.98. The van der Waals surface area contributed by atoms with E-state index in [1.165, 1.54) is 16.7 Å². The maximum Gasteiger partial charge on any atom is 0.466 e. The monoisotopic (exact) mass is 520 g/mol. The van der Waals surface area contributed by atoms with E-state index >= 15 is 0 Å². The Kier molecular flexibility index (Phi) is 14.2. The maximum absolute atomic E-state index is 9.61. The third-order valence-electron chi connectivity index (χ3n) is 4.80. The largest absolute Gasteiger partial charge is 0.508 e. The fourth-order valence-electron chi connectivity index (χ4n) is 3.20. The molecule has 0 fully saturated rings. The van der Waals surface area contributed by atoms with Gasteiger partial charge in [0.15, 0.2) is 0 Å². The molecule has 2 aromatic carbocycles. The van der Waals surface area contributed by atoms with Crippen molar-refractivity contribution in [1.29, 1.82) is 0 Å². The summed E-state index contributed by atoms with van der Waals surface area (Å²) in [6.07, 6.45) is 4.28. The van der Waals surface area contributed by atoms with Crippen molar-refractivity contribution in [3.05, 3.63) is 59.7 Å². The minimum absolute atomic E-state index is 0.292. The third-order valence-corrected chi connectivity index (χ3v) is 4.80. The highest BCUT2D eigenvalue weighted by molar-refractivity contribution is 7.45. The smallest absolute Gasteiger partial charge is 0.466 e. The second-order valence-corrected chi connectivity index (χ2v) is 9.37. The van der Waals surface area contributed by atoms with Crippen LogP contribution in [-0.4, -0.2) is 39.6 Å². The fraction of sp³-hybridized carbons (Fsp3) is 0.364. The molecule has 0 amide bonds. The van der Waals surface area contributed by atoms with Crippen LogP contribution in [0.3, 0.4) is 0 Å². The zero-order chi connectivity index (χ0) is 26.5. The van der Waals surface area contributed by atoms with Crippen LogP contribution in [0.2, 0.25) is 0 Å². The molecule has 0 atom stereocenters. The Morgan fingerprint density at radius 1 is 0.647 bits per heavy atom. The first kappa shape index (κ1) is 32.0. The van der Waals surface area contributed by atoms with Crippen molar-refractivity contribution in [2.45, 2.75) is 46.5 Å². The Bertz CT molecular complexity index is 935. The predicted molar refractivity (Wildman–Crippen MR) is 131 cm³/mol. The number of phosphoric acid groups is 2. The van der Waals surface area contributed by atoms with Crippen molar-refractivity contribution < 1.29 is 48.7 Å². The lowest BCUT2D eigenvalue weighted by Crippen LogP contribution is -2.01. The quantitative estimate of drug-likeness (QED) is 0.191. The van der Waals surface area contributed by atoms with Gasteiger partial charge in [-0.1, -0.05) is 57.9 Å². The first-order chi connectivity index (χ1) is 15.6. The highest BCUT2D eigenvalue weighted by Gasteiger charge is 2.15. The molecule has 0 aliphatic heterocycles. The van der Waals surface area contributed by atoms with Crippen molar-refractivity contribution in [3.8, 4) is 11.5 Å². The van der Waals surface area contributed by atoms with Crippen LogP contribution in [0.15, 0.2) is 48.5 Å². The zero-order valence-electron chi connectivity index (χ0n) is 19.3. The van der Waals surface area contributed by atoms with Crippen LogP contribution in [0.5, 0.6) is 11.5 Å². The number of benzene rings is 2. The second-order valence-electron chi connectivity index (χ2n) is 7.32. The average Bonchev–Trinajstić information content (AvgIpc) is 2.70. The highest BCUT2D eigenvalue weighted by atomic mass is 31.2. The summed E-state index contributed by atoms with van der Waals surface area (Å²) in [6, 6.07) is 15.0. The molecule has 0 aliphatic carbocycles. The van der Waals surface area contributed by atoms with Crippen molar-refractivity contribution >= 4 is 26.8 Å². The molecule has 0 saturated carbocycles. The summed E-state index contributed by atoms with van der Waals surface area (Å²) in [4.78, 5) is 43.1. The van der Waals surface area contributed by atoms with Crippen LogP contribution in [0.1, 0.15) is 57.6 Å². The topological polar surface area (TPSA) is 196 Å². The molecule has 34 heavy (non-hydrogen) atoms. The van der Waals surface area contributed by atoms with Gasteiger partial charge in [0, 0.05) is 0 Å². The summed E-state index contributed by atoms with van der Waals surface area (Å²) < 4.78 is 17.8. The standard InChI is InChI=1S/C22H28O2.2H3O4P/c1-4-16(5-2)15-22(18-9-13-20(24)14-10-18)21(6-3)17-7-11-19(23)12-8-17;2*1-5(2,3)4/h7-14,16,23-24H,4-6,15H2,1-3H3;2*(H3,1,2,3,4)/b22-21+;;. The molecule has 2 rings (SSSR count). The first-order valence-corrected chi connectivity index (χ1v) is 13.6. The van der Waals surface area contributed by atoms with Gasteiger partial charge in [0.1, 0.15) is 11.5 Å². The molecule has 2 aromatic rings. The Balaban J connectivity index is 0.000000916. The maximum atomic E-state index is 9.61. The van der Waals surface area contributed by atoms with E-state index in [-0.39, 0.29) is 0 Å². The first-order valence-electron chi connectivity index (χ1n) is 10.5. The number of allylic oxidation sites excluding steroid dienone is 2. The van der Waals surface area contributed by atoms with Crippen LogP contribution in [0.4, 0.5) is 0 Å². The van der Waals surface area contributed by atoms with E-state index in [4.69, 9.17) is 38.5 Å².